The van der Waals surface area contributed by atoms with Crippen LogP contribution in [-0.4, -0.2) is 103 Å². The highest BCUT2D eigenvalue weighted by Crippen LogP contribution is 2.37. The fraction of sp³-hybridized carbons (Fsp3) is 0.116. The molecule has 1 aliphatic heterocycles. The molecule has 126 heavy (non-hydrogen) atoms. The minimum Gasteiger partial charge on any atom is -0.505 e. The van der Waals surface area contributed by atoms with E-state index >= 15 is 0 Å². The summed E-state index contributed by atoms with van der Waals surface area (Å²) >= 11 is 12.4. The van der Waals surface area contributed by atoms with Crippen LogP contribution in [0.5, 0.6) is 5.75 Å². The third kappa shape index (κ3) is 23.6. The Morgan fingerprint density at radius 1 is 0.381 bits per heavy atom. The van der Waals surface area contributed by atoms with E-state index in [1.807, 2.05) is 155 Å². The molecule has 1 fully saturated rings. The van der Waals surface area contributed by atoms with Gasteiger partial charge in [0, 0.05) is 117 Å². The molecule has 2 N–H and O–H groups in total. The first-order valence-electron chi connectivity index (χ1n) is 38.4. The molecular weight excluding hydrogens is 1740 g/mol. The number of hydrogen-bond donors (Lipinski definition) is 2. The van der Waals surface area contributed by atoms with Crippen molar-refractivity contribution in [1.82, 2.24) is 79.4 Å². The van der Waals surface area contributed by atoms with E-state index in [4.69, 9.17) is 36.7 Å². The van der Waals surface area contributed by atoms with Crippen molar-refractivity contribution in [2.24, 2.45) is 0 Å². The number of nitrogens with zero attached hydrogens (tertiary/aromatic N) is 19. The topological polar surface area (TPSA) is 387 Å². The van der Waals surface area contributed by atoms with E-state index in [-0.39, 0.29) is 48.5 Å². The molecule has 9 heterocycles. The van der Waals surface area contributed by atoms with Crippen LogP contribution in [-0.2, 0) is 34.8 Å². The third-order valence-electron chi connectivity index (χ3n) is 19.4. The number of H-pyrrole nitrogens is 1. The third-order valence-corrected chi connectivity index (χ3v) is 20.5. The molecule has 620 valence electrons. The predicted molar refractivity (Wildman–Crippen MR) is 487 cm³/mol. The lowest BCUT2D eigenvalue weighted by atomic mass is 9.81. The molecule has 0 radical (unpaired) electrons. The molecular formula is C95H74BBr2ClN20O7. The monoisotopic (exact) mass is 1810 g/mol. The number of alkyl halides is 1. The Balaban J connectivity index is 0.000000148. The van der Waals surface area contributed by atoms with Crippen LogP contribution >= 0.6 is 43.5 Å². The largest absolute Gasteiger partial charge is 0.505 e. The summed E-state index contributed by atoms with van der Waals surface area (Å²) in [5, 5.41) is 65.1. The van der Waals surface area contributed by atoms with Gasteiger partial charge in [0.2, 0.25) is 0 Å². The molecule has 16 aromatic rings. The first kappa shape index (κ1) is 89.8. The lowest BCUT2D eigenvalue weighted by Crippen LogP contribution is -2.41. The Labute approximate surface area is 745 Å². The number of benzene rings is 8. The number of aromatic nitrogens is 16. The van der Waals surface area contributed by atoms with E-state index < -0.39 is 18.3 Å². The maximum Gasteiger partial charge on any atom is 0.498 e. The Kier molecular flexibility index (Phi) is 29.9. The van der Waals surface area contributed by atoms with E-state index in [1.54, 1.807) is 134 Å². The van der Waals surface area contributed by atoms with Crippen molar-refractivity contribution in [2.75, 3.05) is 0 Å². The van der Waals surface area contributed by atoms with Crippen molar-refractivity contribution >= 4 is 56.0 Å². The highest BCUT2D eigenvalue weighted by atomic mass is 79.9. The smallest absolute Gasteiger partial charge is 0.498 e. The van der Waals surface area contributed by atoms with Crippen LogP contribution in [0.4, 0.5) is 0 Å². The van der Waals surface area contributed by atoms with E-state index in [0.29, 0.717) is 80.8 Å². The van der Waals surface area contributed by atoms with Gasteiger partial charge in [-0.1, -0.05) is 129 Å². The highest BCUT2D eigenvalue weighted by Gasteiger charge is 2.52. The van der Waals surface area contributed by atoms with Crippen molar-refractivity contribution < 1.29 is 14.4 Å². The molecule has 27 nitrogen and oxygen atoms in total. The van der Waals surface area contributed by atoms with Crippen LogP contribution in [0.25, 0.3) is 90.6 Å². The normalized spacial score (nSPS) is 11.8. The molecule has 0 saturated carbocycles. The van der Waals surface area contributed by atoms with Gasteiger partial charge in [0.05, 0.1) is 121 Å². The average molecular weight is 1810 g/mol. The molecule has 0 unspecified atom stereocenters. The van der Waals surface area contributed by atoms with Crippen LogP contribution in [0.1, 0.15) is 79.6 Å². The predicted octanol–water partition coefficient (Wildman–Crippen LogP) is 16.2. The Morgan fingerprint density at radius 2 is 0.667 bits per heavy atom. The quantitative estimate of drug-likeness (QED) is 0.0670. The summed E-state index contributed by atoms with van der Waals surface area (Å²) in [6, 6.07) is 80.1. The standard InChI is InChI=1S/C28H26BN5O3.C22H14BrN5O.C22H15N5O2.C11H8BrClN2.C11H7N3O.CH4/c1-27(2)28(3,4)37-29(36-27)23-16-31-26(32-17-23)22-10-6-8-20(14-22)18-34-25(35)12-11-24(33-34)21-9-5-7-19(13-21)15-30;23-19-12-25-22(26-13-19)18-6-2-4-16(10-18)14-28-21(29)8-7-20(27-28)17-5-1-3-15(9-17)11-24;23-11-15-3-1-5-17(9-15)20-7-8-21(29)27(26-20)14-16-4-2-6-18(10-16)22-24-12-19(28)13-25-22;12-10-6-14-11(15-7-10)9-3-1-2-8(4-9)5-13;12-7-8-2-1-3-9(6-8)10-4-5-11(15)14-13-10;/h5-14,16-17H,18H2,1-4H3;1-10,12-13H,14H2;1-10,12-13,28H,14H2;1-4,6-7H,5H2;1-6H,(H,14,15);1H4. The first-order chi connectivity index (χ1) is 60.5. The molecule has 8 aromatic heterocycles. The van der Waals surface area contributed by atoms with E-state index in [0.717, 1.165) is 81.2 Å². The number of nitriles is 4. The number of hydrogen-bond acceptors (Lipinski definition) is 23. The summed E-state index contributed by atoms with van der Waals surface area (Å²) in [6.45, 7) is 8.90. The molecule has 0 atom stereocenters. The van der Waals surface area contributed by atoms with E-state index in [1.165, 1.54) is 50.7 Å². The molecule has 1 saturated heterocycles. The lowest BCUT2D eigenvalue weighted by Gasteiger charge is -2.32. The summed E-state index contributed by atoms with van der Waals surface area (Å²) < 4.78 is 18.1. The summed E-state index contributed by atoms with van der Waals surface area (Å²) in [5.74, 6) is 2.86. The van der Waals surface area contributed by atoms with Gasteiger partial charge in [-0.05, 0) is 179 Å². The summed E-state index contributed by atoms with van der Waals surface area (Å²) in [5.41, 5.74) is 14.0. The number of nitrogens with one attached hydrogen (secondary N) is 1. The summed E-state index contributed by atoms with van der Waals surface area (Å²) in [7, 11) is -0.524. The SMILES string of the molecule is C.CC1(C)OB(c2cnc(-c3cccc(Cn4nc(-c5cccc(C#N)c5)ccc4=O)c3)nc2)OC1(C)C.ClCc1cccc(-c2ncc(Br)cn2)c1.N#Cc1cccc(-c2ccc(=O)[nH]n2)c1.N#Cc1cccc(-c2ccc(=O)n(Cc3cccc(-c4ncc(Br)cn4)c3)n2)c1.N#Cc1cccc(-c2ccc(=O)n(Cc3cccc(-c4ncc(O)cn4)c3)n2)c1. The fourth-order valence-electron chi connectivity index (χ4n) is 12.4. The Bertz CT molecular complexity index is 6780. The van der Waals surface area contributed by atoms with Gasteiger partial charge in [-0.15, -0.1) is 11.6 Å². The van der Waals surface area contributed by atoms with Crippen LogP contribution in [0.2, 0.25) is 0 Å². The van der Waals surface area contributed by atoms with Gasteiger partial charge in [0.25, 0.3) is 22.2 Å². The zero-order chi connectivity index (χ0) is 88.0. The van der Waals surface area contributed by atoms with E-state index in [9.17, 15) is 29.5 Å². The molecule has 0 spiro atoms. The van der Waals surface area contributed by atoms with Crippen molar-refractivity contribution in [2.45, 2.75) is 71.8 Å². The van der Waals surface area contributed by atoms with Gasteiger partial charge < -0.3 is 14.4 Å². The lowest BCUT2D eigenvalue weighted by molar-refractivity contribution is 0.00578. The number of rotatable bonds is 16. The van der Waals surface area contributed by atoms with Gasteiger partial charge in [0.1, 0.15) is 0 Å². The maximum atomic E-state index is 12.5. The van der Waals surface area contributed by atoms with Gasteiger partial charge >= 0.3 is 7.12 Å². The zero-order valence-electron chi connectivity index (χ0n) is 67.1. The van der Waals surface area contributed by atoms with Crippen LogP contribution in [0.3, 0.4) is 0 Å². The number of aromatic hydroxyl groups is 1. The minimum atomic E-state index is -0.524. The Hall–Kier alpha value is -15.4. The molecule has 1 aliphatic rings. The van der Waals surface area contributed by atoms with Crippen LogP contribution in [0.15, 0.2) is 320 Å². The summed E-state index contributed by atoms with van der Waals surface area (Å²) in [4.78, 5) is 82.4. The number of aromatic amines is 1. The van der Waals surface area contributed by atoms with Crippen molar-refractivity contribution in [3.8, 4) is 121 Å². The van der Waals surface area contributed by atoms with E-state index in [2.05, 4.69) is 115 Å². The van der Waals surface area contributed by atoms with Gasteiger partial charge in [-0.3, -0.25) is 19.2 Å². The second-order valence-electron chi connectivity index (χ2n) is 28.8. The molecule has 8 aromatic carbocycles. The Morgan fingerprint density at radius 3 is 0.984 bits per heavy atom. The average Bonchev–Trinajstić information content (AvgIpc) is 1.62. The second kappa shape index (κ2) is 41.9. The molecule has 17 rings (SSSR count). The van der Waals surface area contributed by atoms with Gasteiger partial charge in [-0.25, -0.2) is 59.0 Å². The van der Waals surface area contributed by atoms with Crippen molar-refractivity contribution in [1.29, 1.82) is 21.0 Å². The van der Waals surface area contributed by atoms with Gasteiger partial charge in [-0.2, -0.15) is 41.4 Å². The van der Waals surface area contributed by atoms with Crippen molar-refractivity contribution in [3.63, 3.8) is 0 Å². The van der Waals surface area contributed by atoms with Crippen LogP contribution < -0.4 is 27.7 Å². The first-order valence-corrected chi connectivity index (χ1v) is 40.5. The molecule has 0 aliphatic carbocycles. The van der Waals surface area contributed by atoms with Gasteiger partial charge in [0.15, 0.2) is 29.0 Å². The highest BCUT2D eigenvalue weighted by molar-refractivity contribution is 9.10. The number of halogens is 3. The minimum absolute atomic E-state index is 0. The molecule has 0 amide bonds. The molecule has 31 heteroatoms. The van der Waals surface area contributed by atoms with Crippen LogP contribution in [0, 0.1) is 45.3 Å². The maximum absolute atomic E-state index is 12.5. The van der Waals surface area contributed by atoms with Crippen molar-refractivity contribution in [3.05, 3.63) is 387 Å². The summed E-state index contributed by atoms with van der Waals surface area (Å²) in [6.07, 6.45) is 13.0. The fourth-order valence-corrected chi connectivity index (χ4v) is 12.9. The second-order valence-corrected chi connectivity index (χ2v) is 30.9. The zero-order valence-corrected chi connectivity index (χ0v) is 71.1. The molecule has 0 bridgehead atoms.